The maximum absolute atomic E-state index is 10.8. The van der Waals surface area contributed by atoms with Gasteiger partial charge >= 0.3 is 0 Å². The molecule has 42 valence electrons. The molecule has 0 fully saturated rings. The van der Waals surface area contributed by atoms with Gasteiger partial charge in [0.2, 0.25) is 5.91 Å². The Labute approximate surface area is 51.0 Å². The van der Waals surface area contributed by atoms with Crippen LogP contribution in [-0.2, 0) is 4.79 Å². The zero-order valence-corrected chi connectivity index (χ0v) is 3.51. The van der Waals surface area contributed by atoms with Crippen LogP contribution in [0.15, 0.2) is 0 Å². The summed E-state index contributed by atoms with van der Waals surface area (Å²) in [6.45, 7) is -7.27. The van der Waals surface area contributed by atoms with E-state index in [-0.39, 0.29) is 4.90 Å². The third-order valence-electron chi connectivity index (χ3n) is 0.385. The van der Waals surface area contributed by atoms with E-state index in [9.17, 15) is 4.79 Å². The van der Waals surface area contributed by atoms with Crippen LogP contribution < -0.4 is 0 Å². The lowest BCUT2D eigenvalue weighted by Gasteiger charge is -2.05. The van der Waals surface area contributed by atoms with Crippen LogP contribution >= 0.6 is 0 Å². The highest BCUT2D eigenvalue weighted by molar-refractivity contribution is 5.76. The van der Waals surface area contributed by atoms with Crippen LogP contribution in [-0.4, -0.2) is 36.5 Å². The van der Waals surface area contributed by atoms with Crippen LogP contribution in [0.5, 0.6) is 0 Å². The number of nitrogens with zero attached hydrogens (tertiary/aromatic N) is 1. The molecule has 0 aromatic heterocycles. The molecular formula is C4H9NO2. The molecule has 3 heteroatoms. The first-order valence-electron chi connectivity index (χ1n) is 4.54. The molecular weight excluding hydrogens is 94.0 g/mol. The van der Waals surface area contributed by atoms with E-state index >= 15 is 0 Å². The number of hydrogen-bond acceptors (Lipinski definition) is 2. The number of aliphatic hydroxyl groups is 1. The number of aliphatic hydroxyl groups excluding tert-OH is 1. The minimum atomic E-state index is -3.06. The summed E-state index contributed by atoms with van der Waals surface area (Å²) < 4.78 is 40.5. The molecule has 0 saturated carbocycles. The molecule has 0 bridgehead atoms. The van der Waals surface area contributed by atoms with Gasteiger partial charge in [-0.3, -0.25) is 4.79 Å². The van der Waals surface area contributed by atoms with Crippen molar-refractivity contribution in [3.63, 3.8) is 0 Å². The van der Waals surface area contributed by atoms with Crippen molar-refractivity contribution in [3.8, 4) is 0 Å². The molecule has 7 heavy (non-hydrogen) atoms. The Morgan fingerprint density at radius 1 is 2.00 bits per heavy atom. The highest BCUT2D eigenvalue weighted by Gasteiger charge is 1.96. The highest BCUT2D eigenvalue weighted by Crippen LogP contribution is 1.71. The first-order chi connectivity index (χ1) is 5.60. The number of rotatable bonds is 1. The van der Waals surface area contributed by atoms with Gasteiger partial charge in [-0.25, -0.2) is 0 Å². The number of amides is 1. The van der Waals surface area contributed by atoms with Gasteiger partial charge in [0, 0.05) is 22.2 Å². The SMILES string of the molecule is [2H]C([2H])([2H])N(C(=O)CO)C([2H])([2H])[2H]. The lowest BCUT2D eigenvalue weighted by Crippen LogP contribution is -2.24. The maximum atomic E-state index is 10.8. The topological polar surface area (TPSA) is 40.5 Å². The number of hydrogen-bond donors (Lipinski definition) is 1. The monoisotopic (exact) mass is 109 g/mol. The fourth-order valence-corrected chi connectivity index (χ4v) is 0.0707. The zero-order chi connectivity index (χ0) is 10.9. The molecule has 0 saturated heterocycles. The van der Waals surface area contributed by atoms with Crippen molar-refractivity contribution in [2.45, 2.75) is 0 Å². The van der Waals surface area contributed by atoms with E-state index in [1.807, 2.05) is 0 Å². The normalized spacial score (nSPS) is 24.7. The van der Waals surface area contributed by atoms with E-state index in [0.29, 0.717) is 0 Å². The van der Waals surface area contributed by atoms with Crippen LogP contribution in [0.2, 0.25) is 0 Å². The summed E-state index contributed by atoms with van der Waals surface area (Å²) >= 11 is 0. The Balaban J connectivity index is 4.89. The minimum absolute atomic E-state index is 0.292. The van der Waals surface area contributed by atoms with Crippen LogP contribution in [0.1, 0.15) is 8.22 Å². The van der Waals surface area contributed by atoms with Gasteiger partial charge in [-0.1, -0.05) is 0 Å². The first kappa shape index (κ1) is 1.45. The molecule has 0 aromatic carbocycles. The van der Waals surface area contributed by atoms with Crippen LogP contribution in [0.25, 0.3) is 0 Å². The van der Waals surface area contributed by atoms with Crippen molar-refractivity contribution in [1.82, 2.24) is 4.90 Å². The smallest absolute Gasteiger partial charge is 0.247 e. The van der Waals surface area contributed by atoms with Crippen molar-refractivity contribution in [1.29, 1.82) is 0 Å². The number of carbonyl (C=O) groups excluding carboxylic acids is 1. The summed E-state index contributed by atoms with van der Waals surface area (Å²) in [6, 6.07) is 0. The van der Waals surface area contributed by atoms with E-state index in [4.69, 9.17) is 13.3 Å². The van der Waals surface area contributed by atoms with Crippen LogP contribution in [0.3, 0.4) is 0 Å². The standard InChI is InChI=1S/C4H9NO2/c1-5(2)4(7)3-6/h6H,3H2,1-2H3/i1D3,2D3. The quantitative estimate of drug-likeness (QED) is 0.472. The van der Waals surface area contributed by atoms with Crippen molar-refractivity contribution in [2.75, 3.05) is 20.6 Å². The van der Waals surface area contributed by atoms with Gasteiger partial charge in [-0.05, 0) is 0 Å². The molecule has 0 aliphatic heterocycles. The average Bonchev–Trinajstić information content (AvgIpc) is 1.80. The second kappa shape index (κ2) is 2.58. The summed E-state index contributed by atoms with van der Waals surface area (Å²) in [5.41, 5.74) is 0. The minimum Gasteiger partial charge on any atom is -0.387 e. The summed E-state index contributed by atoms with van der Waals surface area (Å²) in [5, 5.41) is 8.34. The maximum Gasteiger partial charge on any atom is 0.247 e. The molecule has 0 radical (unpaired) electrons. The fourth-order valence-electron chi connectivity index (χ4n) is 0.0707. The van der Waals surface area contributed by atoms with E-state index in [1.165, 1.54) is 0 Å². The zero-order valence-electron chi connectivity index (χ0n) is 9.51. The van der Waals surface area contributed by atoms with Gasteiger partial charge in [0.15, 0.2) is 0 Å². The van der Waals surface area contributed by atoms with Gasteiger partial charge in [0.1, 0.15) is 6.61 Å². The molecule has 3 nitrogen and oxygen atoms in total. The molecule has 0 rings (SSSR count). The third kappa shape index (κ3) is 2.17. The molecule has 0 aromatic rings. The number of carbonyl (C=O) groups is 1. The molecule has 0 unspecified atom stereocenters. The molecule has 0 spiro atoms. The number of likely N-dealkylation sites (N-methyl/N-ethyl adjacent to an activating group) is 1. The summed E-state index contributed by atoms with van der Waals surface area (Å²) in [6.07, 6.45) is 0. The van der Waals surface area contributed by atoms with Crippen molar-refractivity contribution in [3.05, 3.63) is 0 Å². The Morgan fingerprint density at radius 3 is 2.71 bits per heavy atom. The predicted molar refractivity (Wildman–Crippen MR) is 25.8 cm³/mol. The van der Waals surface area contributed by atoms with Gasteiger partial charge in [-0.2, -0.15) is 0 Å². The first-order valence-corrected chi connectivity index (χ1v) is 1.54. The largest absolute Gasteiger partial charge is 0.387 e. The summed E-state index contributed by atoms with van der Waals surface area (Å²) in [4.78, 5) is 10.5. The van der Waals surface area contributed by atoms with Crippen LogP contribution in [0, 0.1) is 0 Å². The second-order valence-electron chi connectivity index (χ2n) is 0.887. The Morgan fingerprint density at radius 2 is 2.57 bits per heavy atom. The molecule has 1 amide bonds. The van der Waals surface area contributed by atoms with Crippen LogP contribution in [0.4, 0.5) is 0 Å². The average molecular weight is 109 g/mol. The van der Waals surface area contributed by atoms with Gasteiger partial charge < -0.3 is 10.0 Å². The van der Waals surface area contributed by atoms with Crippen molar-refractivity contribution in [2.24, 2.45) is 0 Å². The fraction of sp³-hybridized carbons (Fsp3) is 0.750. The Bertz CT molecular complexity index is 182. The van der Waals surface area contributed by atoms with Crippen molar-refractivity contribution >= 4 is 5.91 Å². The molecule has 0 atom stereocenters. The summed E-state index contributed by atoms with van der Waals surface area (Å²) in [5.74, 6) is -1.35. The Hall–Kier alpha value is -0.570. The van der Waals surface area contributed by atoms with Gasteiger partial charge in [0.05, 0.1) is 0 Å². The van der Waals surface area contributed by atoms with Gasteiger partial charge in [-0.15, -0.1) is 0 Å². The van der Waals surface area contributed by atoms with E-state index in [0.717, 1.165) is 0 Å². The van der Waals surface area contributed by atoms with E-state index in [2.05, 4.69) is 0 Å². The van der Waals surface area contributed by atoms with E-state index < -0.39 is 26.5 Å². The molecule has 0 heterocycles. The molecule has 0 aliphatic rings. The third-order valence-corrected chi connectivity index (χ3v) is 0.385. The van der Waals surface area contributed by atoms with Crippen molar-refractivity contribution < 1.29 is 18.1 Å². The van der Waals surface area contributed by atoms with E-state index in [1.54, 1.807) is 0 Å². The second-order valence-corrected chi connectivity index (χ2v) is 0.887. The lowest BCUT2D eigenvalue weighted by molar-refractivity contribution is -0.131. The molecule has 1 N–H and O–H groups in total. The van der Waals surface area contributed by atoms with Gasteiger partial charge in [0.25, 0.3) is 0 Å². The summed E-state index contributed by atoms with van der Waals surface area (Å²) in [7, 11) is 0. The molecule has 0 aliphatic carbocycles. The highest BCUT2D eigenvalue weighted by atomic mass is 16.3. The lowest BCUT2D eigenvalue weighted by atomic mass is 10.6. The Kier molecular flexibility index (Phi) is 0.534. The predicted octanol–water partition coefficient (Wildman–Crippen LogP) is -0.933.